The molecule has 6 heteroatoms. The van der Waals surface area contributed by atoms with Crippen LogP contribution in [-0.2, 0) is 0 Å². The molecule has 0 spiro atoms. The molecule has 1 N–H and O–H groups in total. The second kappa shape index (κ2) is 7.40. The monoisotopic (exact) mass is 314 g/mol. The number of amides is 1. The lowest BCUT2D eigenvalue weighted by Gasteiger charge is -2.10. The lowest BCUT2D eigenvalue weighted by molar-refractivity contribution is -0.385. The maximum Gasteiger partial charge on any atom is 0.282 e. The van der Waals surface area contributed by atoms with E-state index in [9.17, 15) is 14.9 Å². The number of hydrogen-bond donors (Lipinski definition) is 1. The fourth-order valence-electron chi connectivity index (χ4n) is 2.21. The maximum absolute atomic E-state index is 12.0. The van der Waals surface area contributed by atoms with E-state index in [-0.39, 0.29) is 24.4 Å². The van der Waals surface area contributed by atoms with Crippen molar-refractivity contribution in [1.82, 2.24) is 5.32 Å². The zero-order valence-electron chi connectivity index (χ0n) is 13.0. The first-order valence-corrected chi connectivity index (χ1v) is 7.20. The molecule has 1 amide bonds. The van der Waals surface area contributed by atoms with Gasteiger partial charge in [0.15, 0.2) is 0 Å². The van der Waals surface area contributed by atoms with Gasteiger partial charge in [-0.05, 0) is 31.5 Å². The molecule has 0 atom stereocenters. The number of rotatable bonds is 6. The van der Waals surface area contributed by atoms with Crippen LogP contribution in [-0.4, -0.2) is 24.0 Å². The fourth-order valence-corrected chi connectivity index (χ4v) is 2.21. The molecule has 0 fully saturated rings. The van der Waals surface area contributed by atoms with Crippen LogP contribution in [0.4, 0.5) is 5.69 Å². The number of carbonyl (C=O) groups is 1. The standard InChI is InChI=1S/C17H18N2O4/c1-12-7-8-16(13(2)11-12)23-10-9-18-17(20)14-5-3-4-6-15(14)19(21)22/h3-8,11H,9-10H2,1-2H3,(H,18,20). The number of nitro groups is 1. The Labute approximate surface area is 134 Å². The van der Waals surface area contributed by atoms with E-state index in [1.54, 1.807) is 6.07 Å². The number of benzene rings is 2. The largest absolute Gasteiger partial charge is 0.491 e. The first-order chi connectivity index (χ1) is 11.0. The number of ether oxygens (including phenoxy) is 1. The van der Waals surface area contributed by atoms with Crippen molar-refractivity contribution < 1.29 is 14.5 Å². The Hall–Kier alpha value is -2.89. The summed E-state index contributed by atoms with van der Waals surface area (Å²) in [4.78, 5) is 22.4. The Morgan fingerprint density at radius 3 is 2.65 bits per heavy atom. The van der Waals surface area contributed by atoms with Crippen molar-refractivity contribution in [3.63, 3.8) is 0 Å². The Bertz CT molecular complexity index is 728. The maximum atomic E-state index is 12.0. The van der Waals surface area contributed by atoms with E-state index in [0.29, 0.717) is 0 Å². The van der Waals surface area contributed by atoms with Gasteiger partial charge in [-0.2, -0.15) is 0 Å². The molecule has 2 rings (SSSR count). The highest BCUT2D eigenvalue weighted by atomic mass is 16.6. The first kappa shape index (κ1) is 16.5. The number of nitrogens with one attached hydrogen (secondary N) is 1. The first-order valence-electron chi connectivity index (χ1n) is 7.20. The van der Waals surface area contributed by atoms with Crippen LogP contribution in [0.1, 0.15) is 21.5 Å². The van der Waals surface area contributed by atoms with Gasteiger partial charge in [0.2, 0.25) is 0 Å². The van der Waals surface area contributed by atoms with Gasteiger partial charge in [0.05, 0.1) is 11.5 Å². The van der Waals surface area contributed by atoms with Gasteiger partial charge in [-0.15, -0.1) is 0 Å². The number of hydrogen-bond acceptors (Lipinski definition) is 4. The van der Waals surface area contributed by atoms with Crippen LogP contribution < -0.4 is 10.1 Å². The molecule has 2 aromatic rings. The quantitative estimate of drug-likeness (QED) is 0.505. The van der Waals surface area contributed by atoms with Crippen molar-refractivity contribution in [3.05, 3.63) is 69.3 Å². The van der Waals surface area contributed by atoms with E-state index >= 15 is 0 Å². The normalized spacial score (nSPS) is 10.2. The van der Waals surface area contributed by atoms with Crippen molar-refractivity contribution in [2.45, 2.75) is 13.8 Å². The second-order valence-electron chi connectivity index (χ2n) is 5.15. The van der Waals surface area contributed by atoms with Gasteiger partial charge in [0, 0.05) is 6.07 Å². The predicted octanol–water partition coefficient (Wildman–Crippen LogP) is 3.02. The topological polar surface area (TPSA) is 81.5 Å². The third-order valence-corrected chi connectivity index (χ3v) is 3.32. The Morgan fingerprint density at radius 1 is 1.22 bits per heavy atom. The van der Waals surface area contributed by atoms with Gasteiger partial charge in [-0.1, -0.05) is 29.8 Å². The molecule has 0 saturated carbocycles. The molecule has 0 heterocycles. The van der Waals surface area contributed by atoms with Crippen LogP contribution in [0.2, 0.25) is 0 Å². The summed E-state index contributed by atoms with van der Waals surface area (Å²) in [7, 11) is 0. The number of para-hydroxylation sites is 1. The fraction of sp³-hybridized carbons (Fsp3) is 0.235. The van der Waals surface area contributed by atoms with E-state index in [4.69, 9.17) is 4.74 Å². The summed E-state index contributed by atoms with van der Waals surface area (Å²) < 4.78 is 5.61. The number of nitrogens with zero attached hydrogens (tertiary/aromatic N) is 1. The highest BCUT2D eigenvalue weighted by Gasteiger charge is 2.18. The highest BCUT2D eigenvalue weighted by Crippen LogP contribution is 2.19. The van der Waals surface area contributed by atoms with E-state index in [0.717, 1.165) is 16.9 Å². The molecule has 2 aromatic carbocycles. The summed E-state index contributed by atoms with van der Waals surface area (Å²) in [6, 6.07) is 11.7. The number of nitro benzene ring substituents is 1. The van der Waals surface area contributed by atoms with Crippen LogP contribution >= 0.6 is 0 Å². The van der Waals surface area contributed by atoms with Gasteiger partial charge >= 0.3 is 0 Å². The third-order valence-electron chi connectivity index (χ3n) is 3.32. The molecule has 0 unspecified atom stereocenters. The summed E-state index contributed by atoms with van der Waals surface area (Å²) in [6.07, 6.45) is 0. The summed E-state index contributed by atoms with van der Waals surface area (Å²) in [5.74, 6) is 0.275. The molecular weight excluding hydrogens is 296 g/mol. The van der Waals surface area contributed by atoms with Crippen LogP contribution in [0.5, 0.6) is 5.75 Å². The molecule has 0 aliphatic carbocycles. The van der Waals surface area contributed by atoms with Crippen LogP contribution in [0.3, 0.4) is 0 Å². The molecule has 6 nitrogen and oxygen atoms in total. The van der Waals surface area contributed by atoms with Crippen LogP contribution in [0, 0.1) is 24.0 Å². The van der Waals surface area contributed by atoms with E-state index in [2.05, 4.69) is 5.32 Å². The van der Waals surface area contributed by atoms with Crippen molar-refractivity contribution in [2.75, 3.05) is 13.2 Å². The summed E-state index contributed by atoms with van der Waals surface area (Å²) in [6.45, 7) is 4.51. The van der Waals surface area contributed by atoms with Gasteiger partial charge in [-0.25, -0.2) is 0 Å². The van der Waals surface area contributed by atoms with E-state index in [1.807, 2.05) is 32.0 Å². The Morgan fingerprint density at radius 2 is 1.96 bits per heavy atom. The van der Waals surface area contributed by atoms with Gasteiger partial charge in [-0.3, -0.25) is 14.9 Å². The minimum atomic E-state index is -0.568. The van der Waals surface area contributed by atoms with Crippen molar-refractivity contribution >= 4 is 11.6 Å². The van der Waals surface area contributed by atoms with Crippen LogP contribution in [0.15, 0.2) is 42.5 Å². The zero-order chi connectivity index (χ0) is 16.8. The molecule has 0 aromatic heterocycles. The van der Waals surface area contributed by atoms with Gasteiger partial charge in [0.1, 0.15) is 17.9 Å². The molecule has 23 heavy (non-hydrogen) atoms. The van der Waals surface area contributed by atoms with Crippen molar-refractivity contribution in [2.24, 2.45) is 0 Å². The van der Waals surface area contributed by atoms with E-state index in [1.165, 1.54) is 18.2 Å². The lowest BCUT2D eigenvalue weighted by atomic mass is 10.1. The lowest BCUT2D eigenvalue weighted by Crippen LogP contribution is -2.28. The predicted molar refractivity (Wildman–Crippen MR) is 86.8 cm³/mol. The SMILES string of the molecule is Cc1ccc(OCCNC(=O)c2ccccc2[N+](=O)[O-])c(C)c1. The number of carbonyl (C=O) groups excluding carboxylic acids is 1. The van der Waals surface area contributed by atoms with E-state index < -0.39 is 10.8 Å². The van der Waals surface area contributed by atoms with Gasteiger partial charge in [0.25, 0.3) is 11.6 Å². The summed E-state index contributed by atoms with van der Waals surface area (Å²) in [5, 5.41) is 13.5. The minimum absolute atomic E-state index is 0.0454. The molecule has 0 radical (unpaired) electrons. The zero-order valence-corrected chi connectivity index (χ0v) is 13.0. The average molecular weight is 314 g/mol. The minimum Gasteiger partial charge on any atom is -0.491 e. The van der Waals surface area contributed by atoms with Crippen molar-refractivity contribution in [3.8, 4) is 5.75 Å². The second-order valence-corrected chi connectivity index (χ2v) is 5.15. The summed E-state index contributed by atoms with van der Waals surface area (Å²) >= 11 is 0. The molecule has 0 aliphatic rings. The molecular formula is C17H18N2O4. The van der Waals surface area contributed by atoms with Crippen molar-refractivity contribution in [1.29, 1.82) is 0 Å². The summed E-state index contributed by atoms with van der Waals surface area (Å²) in [5.41, 5.74) is 2.01. The average Bonchev–Trinajstić information content (AvgIpc) is 2.53. The van der Waals surface area contributed by atoms with Crippen LogP contribution in [0.25, 0.3) is 0 Å². The highest BCUT2D eigenvalue weighted by molar-refractivity contribution is 5.98. The third kappa shape index (κ3) is 4.29. The number of aryl methyl sites for hydroxylation is 2. The smallest absolute Gasteiger partial charge is 0.282 e. The molecule has 0 aliphatic heterocycles. The van der Waals surface area contributed by atoms with Gasteiger partial charge < -0.3 is 10.1 Å². The molecule has 0 bridgehead atoms. The molecule has 0 saturated heterocycles. The Balaban J connectivity index is 1.89. The molecule has 120 valence electrons. The Kier molecular flexibility index (Phi) is 5.30.